The summed E-state index contributed by atoms with van der Waals surface area (Å²) in [5.74, 6) is 0.0687. The van der Waals surface area contributed by atoms with Crippen LogP contribution in [-0.4, -0.2) is 10.9 Å². The Kier molecular flexibility index (Phi) is 2.82. The number of hydrogen-bond donors (Lipinski definition) is 2. The van der Waals surface area contributed by atoms with Gasteiger partial charge in [0, 0.05) is 5.69 Å². The Morgan fingerprint density at radius 3 is 2.50 bits per heavy atom. The van der Waals surface area contributed by atoms with Crippen LogP contribution in [0.15, 0.2) is 48.5 Å². The number of pyridine rings is 1. The topological polar surface area (TPSA) is 68.0 Å². The van der Waals surface area contributed by atoms with Crippen molar-refractivity contribution in [2.45, 2.75) is 0 Å². The van der Waals surface area contributed by atoms with Crippen LogP contribution in [0.4, 0.5) is 11.5 Å². The van der Waals surface area contributed by atoms with Gasteiger partial charge in [0.1, 0.15) is 11.5 Å². The molecule has 0 aliphatic rings. The van der Waals surface area contributed by atoms with E-state index < -0.39 is 5.91 Å². The Bertz CT molecular complexity index is 497. The third kappa shape index (κ3) is 2.36. The monoisotopic (exact) mass is 213 g/mol. The Hall–Kier alpha value is -2.36. The number of nitrogens with one attached hydrogen (secondary N) is 1. The number of nitrogens with two attached hydrogens (primary N) is 1. The molecule has 1 heterocycles. The predicted molar refractivity (Wildman–Crippen MR) is 62.5 cm³/mol. The van der Waals surface area contributed by atoms with E-state index >= 15 is 0 Å². The Morgan fingerprint density at radius 1 is 1.06 bits per heavy atom. The van der Waals surface area contributed by atoms with Gasteiger partial charge in [-0.25, -0.2) is 4.98 Å². The first kappa shape index (κ1) is 10.2. The molecule has 3 N–H and O–H groups in total. The highest BCUT2D eigenvalue weighted by molar-refractivity contribution is 5.91. The van der Waals surface area contributed by atoms with Gasteiger partial charge >= 0.3 is 0 Å². The fourth-order valence-corrected chi connectivity index (χ4v) is 1.31. The standard InChI is InChI=1S/C12H11N3O/c13-12(16)10-7-4-8-11(15-10)14-9-5-2-1-3-6-9/h1-8H,(H2,13,16)(H,14,15). The first-order valence-electron chi connectivity index (χ1n) is 4.84. The van der Waals surface area contributed by atoms with Crippen LogP contribution in [0.1, 0.15) is 10.5 Å². The van der Waals surface area contributed by atoms with Crippen molar-refractivity contribution in [2.75, 3.05) is 5.32 Å². The molecule has 0 aliphatic heterocycles. The number of carbonyl (C=O) groups is 1. The molecule has 0 saturated heterocycles. The summed E-state index contributed by atoms with van der Waals surface area (Å²) >= 11 is 0. The maximum Gasteiger partial charge on any atom is 0.267 e. The van der Waals surface area contributed by atoms with Crippen LogP contribution >= 0.6 is 0 Å². The number of carbonyl (C=O) groups excluding carboxylic acids is 1. The van der Waals surface area contributed by atoms with Crippen molar-refractivity contribution in [3.05, 3.63) is 54.2 Å². The van der Waals surface area contributed by atoms with Gasteiger partial charge in [0.05, 0.1) is 0 Å². The minimum Gasteiger partial charge on any atom is -0.364 e. The lowest BCUT2D eigenvalue weighted by atomic mass is 10.3. The second-order valence-corrected chi connectivity index (χ2v) is 3.26. The quantitative estimate of drug-likeness (QED) is 0.818. The highest BCUT2D eigenvalue weighted by Crippen LogP contribution is 2.13. The van der Waals surface area contributed by atoms with Crippen molar-refractivity contribution < 1.29 is 4.79 Å². The Balaban J connectivity index is 2.22. The fraction of sp³-hybridized carbons (Fsp3) is 0. The van der Waals surface area contributed by atoms with Gasteiger partial charge in [-0.15, -0.1) is 0 Å². The number of primary amides is 1. The van der Waals surface area contributed by atoms with Crippen LogP contribution in [0.2, 0.25) is 0 Å². The lowest BCUT2D eigenvalue weighted by molar-refractivity contribution is 0.0995. The lowest BCUT2D eigenvalue weighted by Gasteiger charge is -2.05. The molecule has 1 aromatic carbocycles. The Morgan fingerprint density at radius 2 is 1.81 bits per heavy atom. The molecule has 80 valence electrons. The van der Waals surface area contributed by atoms with E-state index in [0.29, 0.717) is 5.82 Å². The predicted octanol–water partition coefficient (Wildman–Crippen LogP) is 1.92. The van der Waals surface area contributed by atoms with E-state index in [9.17, 15) is 4.79 Å². The molecule has 4 nitrogen and oxygen atoms in total. The number of para-hydroxylation sites is 1. The summed E-state index contributed by atoms with van der Waals surface area (Å²) in [5, 5.41) is 3.08. The second-order valence-electron chi connectivity index (χ2n) is 3.26. The van der Waals surface area contributed by atoms with E-state index in [4.69, 9.17) is 5.73 Å². The van der Waals surface area contributed by atoms with Crippen molar-refractivity contribution in [1.29, 1.82) is 0 Å². The van der Waals surface area contributed by atoms with Crippen molar-refractivity contribution >= 4 is 17.4 Å². The van der Waals surface area contributed by atoms with Gasteiger partial charge in [-0.2, -0.15) is 0 Å². The molecule has 0 fully saturated rings. The molecule has 0 saturated carbocycles. The number of rotatable bonds is 3. The van der Waals surface area contributed by atoms with Gasteiger partial charge in [0.25, 0.3) is 5.91 Å². The normalized spacial score (nSPS) is 9.75. The average Bonchev–Trinajstić information content (AvgIpc) is 2.30. The van der Waals surface area contributed by atoms with Crippen LogP contribution in [0.3, 0.4) is 0 Å². The summed E-state index contributed by atoms with van der Waals surface area (Å²) < 4.78 is 0. The van der Waals surface area contributed by atoms with Crippen LogP contribution < -0.4 is 11.1 Å². The maximum atomic E-state index is 10.9. The zero-order valence-electron chi connectivity index (χ0n) is 8.55. The van der Waals surface area contributed by atoms with E-state index in [1.807, 2.05) is 30.3 Å². The molecule has 0 aliphatic carbocycles. The zero-order valence-corrected chi connectivity index (χ0v) is 8.55. The summed E-state index contributed by atoms with van der Waals surface area (Å²) in [6, 6.07) is 14.7. The highest BCUT2D eigenvalue weighted by atomic mass is 16.1. The maximum absolute atomic E-state index is 10.9. The number of aromatic nitrogens is 1. The first-order chi connectivity index (χ1) is 7.75. The molecule has 0 atom stereocenters. The van der Waals surface area contributed by atoms with Crippen LogP contribution in [-0.2, 0) is 0 Å². The lowest BCUT2D eigenvalue weighted by Crippen LogP contribution is -2.13. The summed E-state index contributed by atoms with van der Waals surface area (Å²) in [4.78, 5) is 15.0. The van der Waals surface area contributed by atoms with Crippen molar-refractivity contribution in [2.24, 2.45) is 5.73 Å². The van der Waals surface area contributed by atoms with Crippen LogP contribution in [0.5, 0.6) is 0 Å². The zero-order chi connectivity index (χ0) is 11.4. The number of hydrogen-bond acceptors (Lipinski definition) is 3. The van der Waals surface area contributed by atoms with Crippen molar-refractivity contribution in [1.82, 2.24) is 4.98 Å². The van der Waals surface area contributed by atoms with Crippen LogP contribution in [0.25, 0.3) is 0 Å². The summed E-state index contributed by atoms with van der Waals surface area (Å²) in [6.07, 6.45) is 0. The van der Waals surface area contributed by atoms with Gasteiger partial charge in [0.15, 0.2) is 0 Å². The molecular formula is C12H11N3O. The third-order valence-electron chi connectivity index (χ3n) is 2.05. The number of benzene rings is 1. The summed E-state index contributed by atoms with van der Waals surface area (Å²) in [7, 11) is 0. The Labute approximate surface area is 93.1 Å². The fourth-order valence-electron chi connectivity index (χ4n) is 1.31. The second kappa shape index (κ2) is 4.44. The molecule has 2 aromatic rings. The van der Waals surface area contributed by atoms with E-state index in [-0.39, 0.29) is 5.69 Å². The summed E-state index contributed by atoms with van der Waals surface area (Å²) in [6.45, 7) is 0. The largest absolute Gasteiger partial charge is 0.364 e. The molecule has 0 spiro atoms. The van der Waals surface area contributed by atoms with E-state index in [0.717, 1.165) is 5.69 Å². The van der Waals surface area contributed by atoms with Crippen molar-refractivity contribution in [3.63, 3.8) is 0 Å². The van der Waals surface area contributed by atoms with E-state index in [1.165, 1.54) is 0 Å². The van der Waals surface area contributed by atoms with Gasteiger partial charge in [-0.1, -0.05) is 24.3 Å². The number of amides is 1. The highest BCUT2D eigenvalue weighted by Gasteiger charge is 2.02. The van der Waals surface area contributed by atoms with Gasteiger partial charge < -0.3 is 11.1 Å². The number of nitrogens with zero attached hydrogens (tertiary/aromatic N) is 1. The van der Waals surface area contributed by atoms with Gasteiger partial charge in [-0.05, 0) is 24.3 Å². The molecule has 0 unspecified atom stereocenters. The average molecular weight is 213 g/mol. The SMILES string of the molecule is NC(=O)c1cccc(Nc2ccccc2)n1. The smallest absolute Gasteiger partial charge is 0.267 e. The molecule has 2 rings (SSSR count). The molecule has 4 heteroatoms. The van der Waals surface area contributed by atoms with Crippen LogP contribution in [0, 0.1) is 0 Å². The minimum atomic E-state index is -0.531. The van der Waals surface area contributed by atoms with E-state index in [2.05, 4.69) is 10.3 Å². The molecular weight excluding hydrogens is 202 g/mol. The molecule has 0 radical (unpaired) electrons. The number of anilines is 2. The van der Waals surface area contributed by atoms with Gasteiger partial charge in [0.2, 0.25) is 0 Å². The molecule has 0 bridgehead atoms. The summed E-state index contributed by atoms with van der Waals surface area (Å²) in [5.41, 5.74) is 6.31. The third-order valence-corrected chi connectivity index (χ3v) is 2.05. The van der Waals surface area contributed by atoms with E-state index in [1.54, 1.807) is 18.2 Å². The first-order valence-corrected chi connectivity index (χ1v) is 4.84. The minimum absolute atomic E-state index is 0.251. The molecule has 1 amide bonds. The van der Waals surface area contributed by atoms with Crippen molar-refractivity contribution in [3.8, 4) is 0 Å². The molecule has 1 aromatic heterocycles. The molecule has 16 heavy (non-hydrogen) atoms. The van der Waals surface area contributed by atoms with Gasteiger partial charge in [-0.3, -0.25) is 4.79 Å².